The van der Waals surface area contributed by atoms with Gasteiger partial charge in [-0.2, -0.15) is 0 Å². The lowest BCUT2D eigenvalue weighted by molar-refractivity contribution is 0.0693. The van der Waals surface area contributed by atoms with Crippen LogP contribution in [0.2, 0.25) is 0 Å². The van der Waals surface area contributed by atoms with Crippen LogP contribution in [0.25, 0.3) is 0 Å². The van der Waals surface area contributed by atoms with E-state index in [0.717, 1.165) is 6.07 Å². The van der Waals surface area contributed by atoms with Crippen LogP contribution in [0.4, 0.5) is 10.1 Å². The van der Waals surface area contributed by atoms with Crippen LogP contribution >= 0.6 is 0 Å². The van der Waals surface area contributed by atoms with Gasteiger partial charge >= 0.3 is 5.97 Å². The maximum Gasteiger partial charge on any atom is 0.340 e. The summed E-state index contributed by atoms with van der Waals surface area (Å²) in [6.07, 6.45) is 0. The Kier molecular flexibility index (Phi) is 5.09. The van der Waals surface area contributed by atoms with E-state index in [2.05, 4.69) is 5.32 Å². The summed E-state index contributed by atoms with van der Waals surface area (Å²) in [7, 11) is -0.927. The molecule has 0 aromatic heterocycles. The van der Waals surface area contributed by atoms with E-state index in [-0.39, 0.29) is 11.3 Å². The second-order valence-corrected chi connectivity index (χ2v) is 5.19. The van der Waals surface area contributed by atoms with Crippen molar-refractivity contribution in [2.24, 2.45) is 0 Å². The molecule has 0 radical (unpaired) electrons. The molecule has 1 atom stereocenters. The molecule has 1 unspecified atom stereocenters. The van der Waals surface area contributed by atoms with Gasteiger partial charge in [-0.05, 0) is 12.1 Å². The molecule has 17 heavy (non-hydrogen) atoms. The zero-order valence-corrected chi connectivity index (χ0v) is 10.2. The topological polar surface area (TPSA) is 66.4 Å². The van der Waals surface area contributed by atoms with Crippen molar-refractivity contribution in [3.05, 3.63) is 29.6 Å². The number of carboxylic acids is 1. The fourth-order valence-electron chi connectivity index (χ4n) is 1.33. The first kappa shape index (κ1) is 13.6. The number of rotatable bonds is 6. The SMILES string of the molecule is CCS(=O)CCNc1cccc(F)c1C(=O)O. The van der Waals surface area contributed by atoms with Gasteiger partial charge in [-0.25, -0.2) is 9.18 Å². The minimum Gasteiger partial charge on any atom is -0.478 e. The highest BCUT2D eigenvalue weighted by atomic mass is 32.2. The zero-order chi connectivity index (χ0) is 12.8. The first-order chi connectivity index (χ1) is 8.06. The first-order valence-electron chi connectivity index (χ1n) is 5.17. The molecule has 1 rings (SSSR count). The van der Waals surface area contributed by atoms with Gasteiger partial charge in [0.1, 0.15) is 11.4 Å². The Hall–Kier alpha value is -1.43. The van der Waals surface area contributed by atoms with Crippen LogP contribution < -0.4 is 5.32 Å². The van der Waals surface area contributed by atoms with Crippen LogP contribution in [0.15, 0.2) is 18.2 Å². The van der Waals surface area contributed by atoms with Crippen LogP contribution in [-0.2, 0) is 10.8 Å². The molecule has 0 bridgehead atoms. The minimum atomic E-state index is -1.32. The Morgan fingerprint density at radius 2 is 2.24 bits per heavy atom. The minimum absolute atomic E-state index is 0.214. The lowest BCUT2D eigenvalue weighted by Gasteiger charge is -2.09. The monoisotopic (exact) mass is 259 g/mol. The van der Waals surface area contributed by atoms with E-state index in [1.165, 1.54) is 12.1 Å². The lowest BCUT2D eigenvalue weighted by atomic mass is 10.1. The molecular weight excluding hydrogens is 245 g/mol. The Labute approximate surface area is 101 Å². The summed E-state index contributed by atoms with van der Waals surface area (Å²) in [5.41, 5.74) is -0.166. The number of hydrogen-bond donors (Lipinski definition) is 2. The summed E-state index contributed by atoms with van der Waals surface area (Å²) in [6.45, 7) is 2.16. The zero-order valence-electron chi connectivity index (χ0n) is 9.40. The highest BCUT2D eigenvalue weighted by Gasteiger charge is 2.15. The summed E-state index contributed by atoms with van der Waals surface area (Å²) in [4.78, 5) is 10.9. The quantitative estimate of drug-likeness (QED) is 0.816. The highest BCUT2D eigenvalue weighted by molar-refractivity contribution is 7.84. The van der Waals surface area contributed by atoms with Gasteiger partial charge in [0.25, 0.3) is 0 Å². The Bertz CT molecular complexity index is 437. The molecule has 1 aromatic carbocycles. The molecular formula is C11H14FNO3S. The number of halogens is 1. The standard InChI is InChI=1S/C11H14FNO3S/c1-2-17(16)7-6-13-9-5-3-4-8(12)10(9)11(14)15/h3-5,13H,2,6-7H2,1H3,(H,14,15). The van der Waals surface area contributed by atoms with Crippen LogP contribution in [0.1, 0.15) is 17.3 Å². The Morgan fingerprint density at radius 3 is 2.82 bits per heavy atom. The van der Waals surface area contributed by atoms with Crippen LogP contribution in [0.3, 0.4) is 0 Å². The number of carboxylic acid groups (broad SMARTS) is 1. The van der Waals surface area contributed by atoms with Crippen molar-refractivity contribution in [1.29, 1.82) is 0 Å². The van der Waals surface area contributed by atoms with E-state index in [4.69, 9.17) is 5.11 Å². The molecule has 94 valence electrons. The molecule has 4 nitrogen and oxygen atoms in total. The van der Waals surface area contributed by atoms with Crippen molar-refractivity contribution in [3.63, 3.8) is 0 Å². The number of benzene rings is 1. The van der Waals surface area contributed by atoms with Crippen molar-refractivity contribution in [1.82, 2.24) is 0 Å². The van der Waals surface area contributed by atoms with E-state index < -0.39 is 22.6 Å². The normalized spacial score (nSPS) is 12.1. The highest BCUT2D eigenvalue weighted by Crippen LogP contribution is 2.18. The van der Waals surface area contributed by atoms with Crippen molar-refractivity contribution >= 4 is 22.5 Å². The van der Waals surface area contributed by atoms with Crippen LogP contribution in [0, 0.1) is 5.82 Å². The van der Waals surface area contributed by atoms with Crippen molar-refractivity contribution < 1.29 is 18.5 Å². The third-order valence-corrected chi connectivity index (χ3v) is 3.50. The van der Waals surface area contributed by atoms with Gasteiger partial charge in [-0.3, -0.25) is 4.21 Å². The van der Waals surface area contributed by atoms with Gasteiger partial charge in [0.2, 0.25) is 0 Å². The number of carbonyl (C=O) groups is 1. The van der Waals surface area contributed by atoms with Gasteiger partial charge in [0.05, 0.1) is 5.69 Å². The average molecular weight is 259 g/mol. The van der Waals surface area contributed by atoms with Gasteiger partial charge in [-0.15, -0.1) is 0 Å². The third-order valence-electron chi connectivity index (χ3n) is 2.19. The predicted octanol–water partition coefficient (Wildman–Crippen LogP) is 1.70. The first-order valence-corrected chi connectivity index (χ1v) is 6.65. The molecule has 0 amide bonds. The van der Waals surface area contributed by atoms with Gasteiger partial charge in [0.15, 0.2) is 0 Å². The van der Waals surface area contributed by atoms with Gasteiger partial charge < -0.3 is 10.4 Å². The van der Waals surface area contributed by atoms with E-state index >= 15 is 0 Å². The van der Waals surface area contributed by atoms with Crippen LogP contribution in [0.5, 0.6) is 0 Å². The second kappa shape index (κ2) is 6.34. The molecule has 0 saturated heterocycles. The number of anilines is 1. The summed E-state index contributed by atoms with van der Waals surface area (Å²) >= 11 is 0. The van der Waals surface area contributed by atoms with Gasteiger partial charge in [0, 0.05) is 28.9 Å². The largest absolute Gasteiger partial charge is 0.478 e. The van der Waals surface area contributed by atoms with E-state index in [0.29, 0.717) is 18.1 Å². The summed E-state index contributed by atoms with van der Waals surface area (Å²) in [6, 6.07) is 4.02. The molecule has 0 fully saturated rings. The van der Waals surface area contributed by atoms with Gasteiger partial charge in [-0.1, -0.05) is 13.0 Å². The van der Waals surface area contributed by atoms with Crippen LogP contribution in [-0.4, -0.2) is 33.3 Å². The van der Waals surface area contributed by atoms with Crippen molar-refractivity contribution in [2.45, 2.75) is 6.92 Å². The molecule has 0 heterocycles. The number of aromatic carboxylic acids is 1. The van der Waals surface area contributed by atoms with Crippen molar-refractivity contribution in [2.75, 3.05) is 23.4 Å². The molecule has 0 spiro atoms. The molecule has 2 N–H and O–H groups in total. The number of nitrogens with one attached hydrogen (secondary N) is 1. The lowest BCUT2D eigenvalue weighted by Crippen LogP contribution is -2.15. The second-order valence-electron chi connectivity index (χ2n) is 3.33. The smallest absolute Gasteiger partial charge is 0.340 e. The van der Waals surface area contributed by atoms with E-state index in [1.807, 2.05) is 0 Å². The third kappa shape index (κ3) is 3.81. The molecule has 0 aliphatic carbocycles. The van der Waals surface area contributed by atoms with E-state index in [9.17, 15) is 13.4 Å². The summed E-state index contributed by atoms with van der Waals surface area (Å²) < 4.78 is 24.4. The summed E-state index contributed by atoms with van der Waals surface area (Å²) in [5.74, 6) is -1.13. The van der Waals surface area contributed by atoms with Crippen molar-refractivity contribution in [3.8, 4) is 0 Å². The average Bonchev–Trinajstić information content (AvgIpc) is 2.28. The molecule has 1 aromatic rings. The molecule has 0 aliphatic heterocycles. The fraction of sp³-hybridized carbons (Fsp3) is 0.364. The maximum absolute atomic E-state index is 13.3. The maximum atomic E-state index is 13.3. The number of hydrogen-bond acceptors (Lipinski definition) is 3. The fourth-order valence-corrected chi connectivity index (χ4v) is 1.95. The Balaban J connectivity index is 2.74. The molecule has 0 aliphatic rings. The molecule has 6 heteroatoms. The predicted molar refractivity (Wildman–Crippen MR) is 65.4 cm³/mol. The summed E-state index contributed by atoms with van der Waals surface area (Å²) in [5, 5.41) is 11.6. The molecule has 0 saturated carbocycles. The van der Waals surface area contributed by atoms with E-state index in [1.54, 1.807) is 6.92 Å². The Morgan fingerprint density at radius 1 is 1.53 bits per heavy atom.